The average molecular weight is 282 g/mol. The molecule has 2 atom stereocenters. The average Bonchev–Trinajstić information content (AvgIpc) is 2.94. The van der Waals surface area contributed by atoms with Crippen molar-refractivity contribution in [2.45, 2.75) is 18.6 Å². The Labute approximate surface area is 118 Å². The zero-order valence-corrected chi connectivity index (χ0v) is 12.0. The van der Waals surface area contributed by atoms with Gasteiger partial charge in [-0.05, 0) is 20.5 Å². The maximum absolute atomic E-state index is 12.0. The van der Waals surface area contributed by atoms with Gasteiger partial charge in [0.15, 0.2) is 0 Å². The number of aromatic amines is 1. The Kier molecular flexibility index (Phi) is 5.51. The number of rotatable bonds is 6. The molecule has 7 nitrogen and oxygen atoms in total. The second-order valence-electron chi connectivity index (χ2n) is 5.14. The fraction of sp³-hybridized carbons (Fsp3) is 0.692. The van der Waals surface area contributed by atoms with Crippen molar-refractivity contribution in [2.24, 2.45) is 0 Å². The van der Waals surface area contributed by atoms with E-state index in [2.05, 4.69) is 20.4 Å². The number of ether oxygens (including phenoxy) is 2. The van der Waals surface area contributed by atoms with Crippen LogP contribution in [0.2, 0.25) is 0 Å². The van der Waals surface area contributed by atoms with Crippen molar-refractivity contribution in [2.75, 3.05) is 40.5 Å². The summed E-state index contributed by atoms with van der Waals surface area (Å²) in [6, 6.07) is -0.0201. The standard InChI is InChI=1S/C13H22N4O3/c1-17(2)4-6-20-12-9-19-5-3-11(12)16-13(18)10-7-14-15-8-10/h7-8,11-12H,3-6,9H2,1-2H3,(H,14,15)(H,16,18)/t11-,12-/m1/s1. The molecule has 1 fully saturated rings. The molecule has 1 aliphatic heterocycles. The number of hydrogen-bond donors (Lipinski definition) is 2. The second kappa shape index (κ2) is 7.37. The Morgan fingerprint density at radius 3 is 3.20 bits per heavy atom. The molecule has 1 amide bonds. The maximum atomic E-state index is 12.0. The molecule has 0 aromatic carbocycles. The number of carbonyl (C=O) groups excluding carboxylic acids is 1. The molecule has 20 heavy (non-hydrogen) atoms. The van der Waals surface area contributed by atoms with Crippen LogP contribution in [-0.2, 0) is 9.47 Å². The maximum Gasteiger partial charge on any atom is 0.254 e. The number of aromatic nitrogens is 2. The van der Waals surface area contributed by atoms with Gasteiger partial charge in [-0.25, -0.2) is 0 Å². The number of amides is 1. The van der Waals surface area contributed by atoms with Gasteiger partial charge in [-0.15, -0.1) is 0 Å². The summed E-state index contributed by atoms with van der Waals surface area (Å²) in [5.41, 5.74) is 0.531. The molecule has 0 spiro atoms. The molecule has 7 heteroatoms. The molecular formula is C13H22N4O3. The van der Waals surface area contributed by atoms with Crippen LogP contribution in [0, 0.1) is 0 Å². The predicted octanol–water partition coefficient (Wildman–Crippen LogP) is -0.125. The highest BCUT2D eigenvalue weighted by Crippen LogP contribution is 2.12. The van der Waals surface area contributed by atoms with Crippen LogP contribution >= 0.6 is 0 Å². The van der Waals surface area contributed by atoms with Crippen molar-refractivity contribution in [3.63, 3.8) is 0 Å². The van der Waals surface area contributed by atoms with Gasteiger partial charge in [0.25, 0.3) is 5.91 Å². The summed E-state index contributed by atoms with van der Waals surface area (Å²) in [5, 5.41) is 9.40. The Morgan fingerprint density at radius 1 is 1.65 bits per heavy atom. The van der Waals surface area contributed by atoms with E-state index in [-0.39, 0.29) is 18.1 Å². The molecule has 0 unspecified atom stereocenters. The normalized spacial score (nSPS) is 22.9. The largest absolute Gasteiger partial charge is 0.379 e. The molecular weight excluding hydrogens is 260 g/mol. The highest BCUT2D eigenvalue weighted by Gasteiger charge is 2.28. The lowest BCUT2D eigenvalue weighted by atomic mass is 10.1. The Morgan fingerprint density at radius 2 is 2.50 bits per heavy atom. The van der Waals surface area contributed by atoms with Gasteiger partial charge < -0.3 is 19.7 Å². The highest BCUT2D eigenvalue weighted by molar-refractivity contribution is 5.93. The van der Waals surface area contributed by atoms with Gasteiger partial charge in [-0.2, -0.15) is 5.10 Å². The Bertz CT molecular complexity index is 408. The molecule has 1 aliphatic rings. The first-order valence-electron chi connectivity index (χ1n) is 6.80. The van der Waals surface area contributed by atoms with E-state index in [4.69, 9.17) is 9.47 Å². The molecule has 1 aromatic rings. The Balaban J connectivity index is 1.85. The van der Waals surface area contributed by atoms with Gasteiger partial charge in [0.2, 0.25) is 0 Å². The van der Waals surface area contributed by atoms with Gasteiger partial charge >= 0.3 is 0 Å². The van der Waals surface area contributed by atoms with E-state index in [1.165, 1.54) is 6.20 Å². The van der Waals surface area contributed by atoms with Crippen LogP contribution < -0.4 is 5.32 Å². The summed E-state index contributed by atoms with van der Waals surface area (Å²) in [6.07, 6.45) is 3.75. The first kappa shape index (κ1) is 15.0. The van der Waals surface area contributed by atoms with Crippen molar-refractivity contribution in [3.8, 4) is 0 Å². The molecule has 2 rings (SSSR count). The molecule has 0 bridgehead atoms. The van der Waals surface area contributed by atoms with Gasteiger partial charge in [0.1, 0.15) is 6.10 Å². The topological polar surface area (TPSA) is 79.5 Å². The summed E-state index contributed by atoms with van der Waals surface area (Å²) in [5.74, 6) is -0.133. The summed E-state index contributed by atoms with van der Waals surface area (Å²) in [7, 11) is 4.00. The third-order valence-electron chi connectivity index (χ3n) is 3.25. The van der Waals surface area contributed by atoms with Crippen LogP contribution in [-0.4, -0.2) is 73.6 Å². The van der Waals surface area contributed by atoms with E-state index in [9.17, 15) is 4.79 Å². The van der Waals surface area contributed by atoms with Crippen LogP contribution in [0.15, 0.2) is 12.4 Å². The minimum atomic E-state index is -0.133. The number of nitrogens with one attached hydrogen (secondary N) is 2. The molecule has 2 heterocycles. The van der Waals surface area contributed by atoms with Crippen LogP contribution in [0.4, 0.5) is 0 Å². The minimum absolute atomic E-state index is 0.0201. The highest BCUT2D eigenvalue weighted by atomic mass is 16.5. The molecule has 1 saturated heterocycles. The SMILES string of the molecule is CN(C)CCO[C@@H]1COCC[C@H]1NC(=O)c1cn[nH]c1. The fourth-order valence-corrected chi connectivity index (χ4v) is 2.05. The molecule has 0 aliphatic carbocycles. The third kappa shape index (κ3) is 4.29. The van der Waals surface area contributed by atoms with E-state index in [0.29, 0.717) is 25.4 Å². The summed E-state index contributed by atoms with van der Waals surface area (Å²) in [4.78, 5) is 14.1. The van der Waals surface area contributed by atoms with E-state index < -0.39 is 0 Å². The predicted molar refractivity (Wildman–Crippen MR) is 73.6 cm³/mol. The van der Waals surface area contributed by atoms with Gasteiger partial charge in [-0.1, -0.05) is 0 Å². The molecule has 1 aromatic heterocycles. The van der Waals surface area contributed by atoms with Crippen molar-refractivity contribution in [3.05, 3.63) is 18.0 Å². The first-order chi connectivity index (χ1) is 9.66. The van der Waals surface area contributed by atoms with E-state index in [1.54, 1.807) is 6.20 Å². The number of H-pyrrole nitrogens is 1. The number of nitrogens with zero attached hydrogens (tertiary/aromatic N) is 2. The van der Waals surface area contributed by atoms with Gasteiger partial charge in [-0.3, -0.25) is 9.89 Å². The second-order valence-corrected chi connectivity index (χ2v) is 5.14. The van der Waals surface area contributed by atoms with Crippen molar-refractivity contribution in [1.29, 1.82) is 0 Å². The van der Waals surface area contributed by atoms with Gasteiger partial charge in [0, 0.05) is 19.3 Å². The van der Waals surface area contributed by atoms with E-state index in [1.807, 2.05) is 14.1 Å². The van der Waals surface area contributed by atoms with Crippen molar-refractivity contribution in [1.82, 2.24) is 20.4 Å². The smallest absolute Gasteiger partial charge is 0.254 e. The van der Waals surface area contributed by atoms with Crippen LogP contribution in [0.25, 0.3) is 0 Å². The van der Waals surface area contributed by atoms with Crippen LogP contribution in [0.1, 0.15) is 16.8 Å². The third-order valence-corrected chi connectivity index (χ3v) is 3.25. The summed E-state index contributed by atoms with van der Waals surface area (Å²) < 4.78 is 11.3. The quantitative estimate of drug-likeness (QED) is 0.760. The van der Waals surface area contributed by atoms with Crippen molar-refractivity contribution < 1.29 is 14.3 Å². The van der Waals surface area contributed by atoms with Crippen LogP contribution in [0.5, 0.6) is 0 Å². The fourth-order valence-electron chi connectivity index (χ4n) is 2.05. The lowest BCUT2D eigenvalue weighted by molar-refractivity contribution is -0.0690. The number of carbonyl (C=O) groups is 1. The number of hydrogen-bond acceptors (Lipinski definition) is 5. The van der Waals surface area contributed by atoms with Gasteiger partial charge in [0.05, 0.1) is 31.0 Å². The molecule has 112 valence electrons. The zero-order chi connectivity index (χ0) is 14.4. The molecule has 2 N–H and O–H groups in total. The Hall–Kier alpha value is -1.44. The zero-order valence-electron chi connectivity index (χ0n) is 12.0. The first-order valence-corrected chi connectivity index (χ1v) is 6.80. The lowest BCUT2D eigenvalue weighted by Gasteiger charge is -2.32. The van der Waals surface area contributed by atoms with E-state index >= 15 is 0 Å². The minimum Gasteiger partial charge on any atom is -0.379 e. The number of likely N-dealkylation sites (N-methyl/N-ethyl adjacent to an activating group) is 1. The monoisotopic (exact) mass is 282 g/mol. The molecule has 0 radical (unpaired) electrons. The lowest BCUT2D eigenvalue weighted by Crippen LogP contribution is -2.50. The van der Waals surface area contributed by atoms with E-state index in [0.717, 1.165) is 13.0 Å². The summed E-state index contributed by atoms with van der Waals surface area (Å²) >= 11 is 0. The van der Waals surface area contributed by atoms with Crippen LogP contribution in [0.3, 0.4) is 0 Å². The molecule has 0 saturated carbocycles. The van der Waals surface area contributed by atoms with Crippen molar-refractivity contribution >= 4 is 5.91 Å². The summed E-state index contributed by atoms with van der Waals surface area (Å²) in [6.45, 7) is 2.63.